The number of halogens is 3. The summed E-state index contributed by atoms with van der Waals surface area (Å²) in [7, 11) is 0. The minimum Gasteiger partial charge on any atom is -0.334 e. The fourth-order valence-corrected chi connectivity index (χ4v) is 3.80. The predicted molar refractivity (Wildman–Crippen MR) is 69.3 cm³/mol. The van der Waals surface area contributed by atoms with Gasteiger partial charge in [0.15, 0.2) is 5.78 Å². The Kier molecular flexibility index (Phi) is 3.76. The smallest absolute Gasteiger partial charge is 0.334 e. The Morgan fingerprint density at radius 1 is 1.29 bits per heavy atom. The van der Waals surface area contributed by atoms with Crippen LogP contribution in [0.15, 0.2) is 0 Å². The van der Waals surface area contributed by atoms with E-state index in [-0.39, 0.29) is 5.78 Å². The second kappa shape index (κ2) is 4.89. The van der Waals surface area contributed by atoms with Crippen molar-refractivity contribution >= 4 is 29.4 Å². The van der Waals surface area contributed by atoms with Crippen molar-refractivity contribution in [3.05, 3.63) is 0 Å². The van der Waals surface area contributed by atoms with E-state index in [0.717, 1.165) is 0 Å². The van der Waals surface area contributed by atoms with Crippen molar-refractivity contribution in [3.8, 4) is 0 Å². The molecule has 2 amide bonds. The number of β-lactam (4-membered cyclic amide) rings is 1. The summed E-state index contributed by atoms with van der Waals surface area (Å²) >= 11 is 1.21. The third-order valence-electron chi connectivity index (χ3n) is 3.43. The Labute approximate surface area is 123 Å². The lowest BCUT2D eigenvalue weighted by Gasteiger charge is -2.45. The van der Waals surface area contributed by atoms with Gasteiger partial charge in [0.1, 0.15) is 17.5 Å². The molecule has 9 heteroatoms. The molecule has 2 fully saturated rings. The van der Waals surface area contributed by atoms with Gasteiger partial charge in [0, 0.05) is 11.2 Å². The zero-order valence-corrected chi connectivity index (χ0v) is 12.5. The van der Waals surface area contributed by atoms with E-state index in [9.17, 15) is 27.6 Å². The highest BCUT2D eigenvalue weighted by Crippen LogP contribution is 2.42. The van der Waals surface area contributed by atoms with Crippen molar-refractivity contribution in [1.82, 2.24) is 10.2 Å². The molecule has 21 heavy (non-hydrogen) atoms. The fourth-order valence-electron chi connectivity index (χ4n) is 2.32. The first-order chi connectivity index (χ1) is 9.44. The van der Waals surface area contributed by atoms with Gasteiger partial charge in [0.2, 0.25) is 5.91 Å². The molecule has 3 unspecified atom stereocenters. The quantitative estimate of drug-likeness (QED) is 0.768. The third kappa shape index (κ3) is 2.75. The van der Waals surface area contributed by atoms with Gasteiger partial charge >= 0.3 is 12.1 Å². The van der Waals surface area contributed by atoms with Crippen molar-refractivity contribution < 1.29 is 27.6 Å². The molecule has 5 nitrogen and oxygen atoms in total. The molecular weight excluding hydrogens is 309 g/mol. The average molecular weight is 324 g/mol. The molecule has 0 saturated carbocycles. The van der Waals surface area contributed by atoms with E-state index in [2.05, 4.69) is 0 Å². The average Bonchev–Trinajstić information content (AvgIpc) is 2.72. The molecule has 2 aliphatic rings. The van der Waals surface area contributed by atoms with Crippen molar-refractivity contribution in [1.29, 1.82) is 0 Å². The van der Waals surface area contributed by atoms with Gasteiger partial charge in [0.25, 0.3) is 0 Å². The van der Waals surface area contributed by atoms with Gasteiger partial charge < -0.3 is 10.2 Å². The maximum atomic E-state index is 12.2. The largest absolute Gasteiger partial charge is 0.471 e. The number of carbonyl (C=O) groups excluding carboxylic acids is 3. The number of amides is 2. The summed E-state index contributed by atoms with van der Waals surface area (Å²) in [5.74, 6) is -2.56. The normalized spacial score (nSPS) is 29.0. The molecular formula is C12H15F3N2O3S. The molecule has 0 aromatic rings. The van der Waals surface area contributed by atoms with E-state index in [4.69, 9.17) is 0 Å². The highest BCUT2D eigenvalue weighted by atomic mass is 32.2. The molecule has 0 aromatic heterocycles. The summed E-state index contributed by atoms with van der Waals surface area (Å²) in [4.78, 5) is 36.3. The zero-order chi connectivity index (χ0) is 16.2. The molecule has 3 atom stereocenters. The van der Waals surface area contributed by atoms with Crippen LogP contribution in [0.25, 0.3) is 0 Å². The lowest BCUT2D eigenvalue weighted by molar-refractivity contribution is -0.177. The third-order valence-corrected chi connectivity index (χ3v) is 4.78. The minimum absolute atomic E-state index is 0.133. The van der Waals surface area contributed by atoms with Gasteiger partial charge in [-0.25, -0.2) is 0 Å². The van der Waals surface area contributed by atoms with Crippen LogP contribution in [0.1, 0.15) is 20.8 Å². The molecule has 2 aliphatic heterocycles. The number of nitrogens with zero attached hydrogens (tertiary/aromatic N) is 1. The first-order valence-electron chi connectivity index (χ1n) is 6.30. The molecule has 0 bridgehead atoms. The van der Waals surface area contributed by atoms with Gasteiger partial charge in [-0.15, -0.1) is 11.8 Å². The molecule has 2 rings (SSSR count). The number of rotatable bonds is 2. The van der Waals surface area contributed by atoms with E-state index in [1.165, 1.54) is 16.7 Å². The zero-order valence-electron chi connectivity index (χ0n) is 11.7. The number of fused-ring (bicyclic) bond motifs is 1. The first-order valence-corrected chi connectivity index (χ1v) is 7.35. The van der Waals surface area contributed by atoms with Crippen molar-refractivity contribution in [2.75, 3.05) is 5.75 Å². The molecule has 0 radical (unpaired) electrons. The summed E-state index contributed by atoms with van der Waals surface area (Å²) in [6.45, 7) is 5.17. The number of thioether (sulfide) groups is 1. The van der Waals surface area contributed by atoms with Gasteiger partial charge in [0.05, 0.1) is 0 Å². The van der Waals surface area contributed by atoms with E-state index in [1.807, 2.05) is 0 Å². The Bertz CT molecular complexity index is 501. The van der Waals surface area contributed by atoms with Gasteiger partial charge in [-0.2, -0.15) is 13.2 Å². The van der Waals surface area contributed by atoms with Crippen LogP contribution in [-0.2, 0) is 14.4 Å². The van der Waals surface area contributed by atoms with Crippen LogP contribution < -0.4 is 5.32 Å². The number of hydrogen-bond acceptors (Lipinski definition) is 4. The van der Waals surface area contributed by atoms with Crippen LogP contribution in [0, 0.1) is 5.41 Å². The fraction of sp³-hybridized carbons (Fsp3) is 0.750. The molecule has 2 saturated heterocycles. The first kappa shape index (κ1) is 16.1. The van der Waals surface area contributed by atoms with E-state index >= 15 is 0 Å². The summed E-state index contributed by atoms with van der Waals surface area (Å²) in [6.07, 6.45) is -5.02. The molecule has 2 heterocycles. The van der Waals surface area contributed by atoms with Crippen LogP contribution in [0.4, 0.5) is 13.2 Å². The highest BCUT2D eigenvalue weighted by molar-refractivity contribution is 8.00. The number of nitrogens with one attached hydrogen (secondary N) is 1. The molecule has 118 valence electrons. The Hall–Kier alpha value is -1.25. The second-order valence-corrected chi connectivity index (χ2v) is 7.20. The van der Waals surface area contributed by atoms with E-state index in [0.29, 0.717) is 5.75 Å². The summed E-state index contributed by atoms with van der Waals surface area (Å²) in [6, 6.07) is -1.84. The van der Waals surface area contributed by atoms with E-state index in [1.54, 1.807) is 26.1 Å². The lowest BCUT2D eigenvalue weighted by Crippen LogP contribution is -2.71. The minimum atomic E-state index is -5.02. The number of alkyl halides is 3. The van der Waals surface area contributed by atoms with Crippen LogP contribution in [0.2, 0.25) is 0 Å². The SMILES string of the molecule is CC(C)(C)C(=O)C1CSC2C(NC(=O)C(F)(F)F)C(=O)N12. The topological polar surface area (TPSA) is 66.5 Å². The summed E-state index contributed by atoms with van der Waals surface area (Å²) < 4.78 is 36.6. The molecule has 0 aliphatic carbocycles. The standard InChI is InChI=1S/C12H15F3N2O3S/c1-11(2,3)7(18)5-4-21-9-6(8(19)17(5)9)16-10(20)12(13,14)15/h5-6,9H,4H2,1-3H3,(H,16,20). The molecule has 0 aromatic carbocycles. The second-order valence-electron chi connectivity index (χ2n) is 6.05. The number of ketones is 1. The Morgan fingerprint density at radius 3 is 2.33 bits per heavy atom. The Balaban J connectivity index is 2.05. The Morgan fingerprint density at radius 2 is 1.86 bits per heavy atom. The van der Waals surface area contributed by atoms with Gasteiger partial charge in [-0.3, -0.25) is 14.4 Å². The van der Waals surface area contributed by atoms with Crippen LogP contribution in [-0.4, -0.2) is 51.9 Å². The maximum absolute atomic E-state index is 12.2. The van der Waals surface area contributed by atoms with Crippen LogP contribution >= 0.6 is 11.8 Å². The number of carbonyl (C=O) groups is 3. The van der Waals surface area contributed by atoms with E-state index < -0.39 is 40.9 Å². The molecule has 0 spiro atoms. The monoisotopic (exact) mass is 324 g/mol. The van der Waals surface area contributed by atoms with Gasteiger partial charge in [-0.05, 0) is 0 Å². The molecule has 1 N–H and O–H groups in total. The number of hydrogen-bond donors (Lipinski definition) is 1. The van der Waals surface area contributed by atoms with Gasteiger partial charge in [-0.1, -0.05) is 20.8 Å². The lowest BCUT2D eigenvalue weighted by atomic mass is 9.85. The van der Waals surface area contributed by atoms with Crippen LogP contribution in [0.3, 0.4) is 0 Å². The van der Waals surface area contributed by atoms with Crippen molar-refractivity contribution in [3.63, 3.8) is 0 Å². The van der Waals surface area contributed by atoms with Crippen LogP contribution in [0.5, 0.6) is 0 Å². The van der Waals surface area contributed by atoms with Crippen molar-refractivity contribution in [2.45, 2.75) is 44.4 Å². The predicted octanol–water partition coefficient (Wildman–Crippen LogP) is 0.932. The summed E-state index contributed by atoms with van der Waals surface area (Å²) in [5, 5.41) is 1.09. The number of Topliss-reactive ketones (excluding diaryl/α,β-unsaturated/α-hetero) is 1. The maximum Gasteiger partial charge on any atom is 0.471 e. The highest BCUT2D eigenvalue weighted by Gasteiger charge is 2.59. The van der Waals surface area contributed by atoms with Crippen molar-refractivity contribution in [2.24, 2.45) is 5.41 Å². The summed E-state index contributed by atoms with van der Waals surface area (Å²) in [5.41, 5.74) is -0.638.